The molecule has 0 radical (unpaired) electrons. The van der Waals surface area contributed by atoms with E-state index in [1.165, 1.54) is 14.0 Å². The fourth-order valence-corrected chi connectivity index (χ4v) is 5.19. The van der Waals surface area contributed by atoms with Gasteiger partial charge < -0.3 is 84.6 Å². The molecular weight excluding hydrogens is 590 g/mol. The van der Waals surface area contributed by atoms with E-state index in [2.05, 4.69) is 4.99 Å². The molecule has 0 aromatic rings. The SMILES string of the molecule is CO/C=N/C1C(O)CC(OC2C(O)C(CO)OC(OC3C(CO)OC(O)C(C)C3O)C2O)(C(=O)O)OC1C(O)C(O)CO. The van der Waals surface area contributed by atoms with Crippen molar-refractivity contribution in [1.29, 1.82) is 0 Å². The fraction of sp³-hybridized carbons (Fsp3) is 0.917. The normalized spacial score (nSPS) is 45.5. The topological polar surface area (TPSA) is 307 Å². The predicted molar refractivity (Wildman–Crippen MR) is 135 cm³/mol. The molecule has 11 N–H and O–H groups in total. The van der Waals surface area contributed by atoms with Gasteiger partial charge in [-0.3, -0.25) is 0 Å². The zero-order valence-corrected chi connectivity index (χ0v) is 23.3. The van der Waals surface area contributed by atoms with Gasteiger partial charge in [0, 0.05) is 12.3 Å². The Kier molecular flexibility index (Phi) is 12.6. The third-order valence-electron chi connectivity index (χ3n) is 7.74. The molecule has 0 spiro atoms. The van der Waals surface area contributed by atoms with Gasteiger partial charge in [0.15, 0.2) is 19.0 Å². The fourth-order valence-electron chi connectivity index (χ4n) is 5.19. The summed E-state index contributed by atoms with van der Waals surface area (Å²) in [5.74, 6) is -5.77. The van der Waals surface area contributed by atoms with Gasteiger partial charge in [-0.25, -0.2) is 9.79 Å². The number of nitrogens with zero attached hydrogens (tertiary/aromatic N) is 1. The number of aliphatic hydroxyl groups excluding tert-OH is 10. The lowest BCUT2D eigenvalue weighted by molar-refractivity contribution is -0.382. The van der Waals surface area contributed by atoms with Crippen LogP contribution in [0.4, 0.5) is 0 Å². The maximum Gasteiger partial charge on any atom is 0.364 e. The van der Waals surface area contributed by atoms with Gasteiger partial charge in [-0.15, -0.1) is 0 Å². The molecule has 3 fully saturated rings. The van der Waals surface area contributed by atoms with Crippen molar-refractivity contribution in [3.8, 4) is 0 Å². The van der Waals surface area contributed by atoms with Gasteiger partial charge in [-0.2, -0.15) is 0 Å². The van der Waals surface area contributed by atoms with Crippen molar-refractivity contribution in [3.05, 3.63) is 0 Å². The highest BCUT2D eigenvalue weighted by atomic mass is 16.8. The number of carboxylic acids is 1. The number of aliphatic hydroxyl groups is 10. The van der Waals surface area contributed by atoms with E-state index in [1.807, 2.05) is 0 Å². The van der Waals surface area contributed by atoms with E-state index in [1.54, 1.807) is 0 Å². The molecule has 3 saturated heterocycles. The first kappa shape index (κ1) is 35.8. The van der Waals surface area contributed by atoms with Gasteiger partial charge >= 0.3 is 5.97 Å². The summed E-state index contributed by atoms with van der Waals surface area (Å²) in [7, 11) is 1.21. The average molecular weight is 632 g/mol. The third-order valence-corrected chi connectivity index (χ3v) is 7.74. The van der Waals surface area contributed by atoms with E-state index in [0.29, 0.717) is 0 Å². The van der Waals surface area contributed by atoms with Gasteiger partial charge in [0.25, 0.3) is 5.79 Å². The van der Waals surface area contributed by atoms with E-state index in [-0.39, 0.29) is 0 Å². The lowest BCUT2D eigenvalue weighted by atomic mass is 9.88. The molecule has 3 heterocycles. The second-order valence-electron chi connectivity index (χ2n) is 10.6. The maximum absolute atomic E-state index is 12.6. The van der Waals surface area contributed by atoms with Gasteiger partial charge in [0.05, 0.1) is 39.1 Å². The van der Waals surface area contributed by atoms with Gasteiger partial charge in [0.2, 0.25) is 0 Å². The average Bonchev–Trinajstić information content (AvgIpc) is 2.98. The first-order valence-electron chi connectivity index (χ1n) is 13.5. The van der Waals surface area contributed by atoms with Crippen molar-refractivity contribution >= 4 is 12.4 Å². The van der Waals surface area contributed by atoms with E-state index in [0.717, 1.165) is 6.40 Å². The largest absolute Gasteiger partial charge is 0.487 e. The third kappa shape index (κ3) is 7.43. The first-order chi connectivity index (χ1) is 20.3. The molecule has 250 valence electrons. The standard InChI is InChI=1S/C24H41NO18/c1-8-14(31)18(12(6-28)39-21(8)35)41-22-17(34)20(16(33)11(5-27)40-22)43-24(23(36)37)3-9(29)13(25-7-38-2)19(42-24)15(32)10(30)4-26/h7-22,26-35H,3-6H2,1-2H3,(H,36,37)/b25-7+. The number of aliphatic imine (C=N–C) groups is 1. The molecule has 0 aliphatic carbocycles. The summed E-state index contributed by atoms with van der Waals surface area (Å²) < 4.78 is 32.2. The number of carboxylic acid groups (broad SMARTS) is 1. The van der Waals surface area contributed by atoms with Crippen molar-refractivity contribution in [3.63, 3.8) is 0 Å². The number of ether oxygens (including phenoxy) is 6. The number of rotatable bonds is 12. The van der Waals surface area contributed by atoms with Crippen LogP contribution in [0, 0.1) is 5.92 Å². The quantitative estimate of drug-likeness (QED) is 0.0704. The van der Waals surface area contributed by atoms with Crippen LogP contribution in [0.1, 0.15) is 13.3 Å². The van der Waals surface area contributed by atoms with Crippen LogP contribution in [0.15, 0.2) is 4.99 Å². The Bertz CT molecular complexity index is 927. The molecule has 19 nitrogen and oxygen atoms in total. The summed E-state index contributed by atoms with van der Waals surface area (Å²) in [5, 5.41) is 113. The van der Waals surface area contributed by atoms with E-state index in [4.69, 9.17) is 28.4 Å². The van der Waals surface area contributed by atoms with Gasteiger partial charge in [-0.05, 0) is 0 Å². The molecule has 0 amide bonds. The van der Waals surface area contributed by atoms with Crippen LogP contribution in [-0.2, 0) is 33.2 Å². The van der Waals surface area contributed by atoms with Crippen LogP contribution in [0.5, 0.6) is 0 Å². The van der Waals surface area contributed by atoms with Crippen molar-refractivity contribution in [2.75, 3.05) is 26.9 Å². The van der Waals surface area contributed by atoms with Crippen molar-refractivity contribution in [1.82, 2.24) is 0 Å². The zero-order chi connectivity index (χ0) is 32.2. The summed E-state index contributed by atoms with van der Waals surface area (Å²) in [5.41, 5.74) is 0. The Morgan fingerprint density at radius 2 is 1.65 bits per heavy atom. The monoisotopic (exact) mass is 631 g/mol. The summed E-state index contributed by atoms with van der Waals surface area (Å²) in [4.78, 5) is 16.5. The minimum absolute atomic E-state index is 0.746. The molecule has 0 saturated carbocycles. The number of hydrogen-bond donors (Lipinski definition) is 11. The molecule has 0 aromatic carbocycles. The number of carbonyl (C=O) groups is 1. The number of hydrogen-bond acceptors (Lipinski definition) is 18. The lowest BCUT2D eigenvalue weighted by Gasteiger charge is -2.50. The van der Waals surface area contributed by atoms with E-state index >= 15 is 0 Å². The smallest absolute Gasteiger partial charge is 0.364 e. The maximum atomic E-state index is 12.6. The predicted octanol–water partition coefficient (Wildman–Crippen LogP) is -6.41. The number of aliphatic carboxylic acids is 1. The van der Waals surface area contributed by atoms with Crippen molar-refractivity contribution in [2.24, 2.45) is 10.9 Å². The molecule has 3 aliphatic rings. The second kappa shape index (κ2) is 15.1. The number of methoxy groups -OCH3 is 1. The highest BCUT2D eigenvalue weighted by Gasteiger charge is 2.60. The van der Waals surface area contributed by atoms with Gasteiger partial charge in [-0.1, -0.05) is 6.92 Å². The summed E-state index contributed by atoms with van der Waals surface area (Å²) in [6, 6.07) is -1.45. The molecule has 3 rings (SSSR count). The van der Waals surface area contributed by atoms with Crippen LogP contribution >= 0.6 is 0 Å². The molecule has 0 aromatic heterocycles. The molecule has 16 unspecified atom stereocenters. The molecular formula is C24H41NO18. The van der Waals surface area contributed by atoms with Crippen LogP contribution in [0.2, 0.25) is 0 Å². The van der Waals surface area contributed by atoms with E-state index in [9.17, 15) is 61.0 Å². The van der Waals surface area contributed by atoms with Crippen molar-refractivity contribution in [2.45, 2.75) is 105 Å². The lowest BCUT2D eigenvalue weighted by Crippen LogP contribution is -2.68. The highest BCUT2D eigenvalue weighted by molar-refractivity contribution is 5.76. The Labute approximate surface area is 245 Å². The zero-order valence-electron chi connectivity index (χ0n) is 23.3. The Morgan fingerprint density at radius 1 is 1.00 bits per heavy atom. The van der Waals surface area contributed by atoms with E-state index < -0.39 is 130 Å². The minimum Gasteiger partial charge on any atom is -0.487 e. The Morgan fingerprint density at radius 3 is 2.21 bits per heavy atom. The molecule has 43 heavy (non-hydrogen) atoms. The van der Waals surface area contributed by atoms with Crippen LogP contribution in [0.3, 0.4) is 0 Å². The Balaban J connectivity index is 1.94. The summed E-state index contributed by atoms with van der Waals surface area (Å²) in [6.07, 6.45) is -22.7. The van der Waals surface area contributed by atoms with Crippen LogP contribution in [0.25, 0.3) is 0 Å². The first-order valence-corrected chi connectivity index (χ1v) is 13.5. The van der Waals surface area contributed by atoms with Gasteiger partial charge in [0.1, 0.15) is 61.0 Å². The molecule has 0 bridgehead atoms. The van der Waals surface area contributed by atoms with Crippen LogP contribution < -0.4 is 0 Å². The van der Waals surface area contributed by atoms with Crippen molar-refractivity contribution < 1.29 is 89.4 Å². The summed E-state index contributed by atoms with van der Waals surface area (Å²) in [6.45, 7) is -1.23. The summed E-state index contributed by atoms with van der Waals surface area (Å²) >= 11 is 0. The molecule has 16 atom stereocenters. The second-order valence-corrected chi connectivity index (χ2v) is 10.6. The highest BCUT2D eigenvalue weighted by Crippen LogP contribution is 2.39. The minimum atomic E-state index is -2.94. The Hall–Kier alpha value is -1.66. The van der Waals surface area contributed by atoms with Crippen LogP contribution in [-0.4, -0.2) is 187 Å². The molecule has 19 heteroatoms. The molecule has 3 aliphatic heterocycles.